The number of carbonyl (C=O) groups excluding carboxylic acids is 1. The number of phenols is 1. The van der Waals surface area contributed by atoms with Crippen LogP contribution in [0.15, 0.2) is 36.9 Å². The standard InChI is InChI=1S/C13H15N3O3/c1-15(13(18)16-6-5-14-9-16)8-10-3-4-11(17)12(7-10)19-2/h3-7,9,17H,8H2,1-2H3. The molecule has 1 aromatic heterocycles. The predicted molar refractivity (Wildman–Crippen MR) is 69.1 cm³/mol. The van der Waals surface area contributed by atoms with E-state index in [0.717, 1.165) is 5.56 Å². The fraction of sp³-hybridized carbons (Fsp3) is 0.231. The zero-order valence-corrected chi connectivity index (χ0v) is 10.8. The van der Waals surface area contributed by atoms with Crippen LogP contribution < -0.4 is 4.74 Å². The van der Waals surface area contributed by atoms with Crippen molar-refractivity contribution >= 4 is 6.03 Å². The Morgan fingerprint density at radius 3 is 2.95 bits per heavy atom. The average molecular weight is 261 g/mol. The zero-order valence-electron chi connectivity index (χ0n) is 10.8. The lowest BCUT2D eigenvalue weighted by Crippen LogP contribution is -2.29. The van der Waals surface area contributed by atoms with Gasteiger partial charge in [0.05, 0.1) is 7.11 Å². The zero-order chi connectivity index (χ0) is 13.8. The van der Waals surface area contributed by atoms with Crippen molar-refractivity contribution in [3.05, 3.63) is 42.5 Å². The number of aromatic hydroxyl groups is 1. The molecule has 6 nitrogen and oxygen atoms in total. The number of nitrogens with zero attached hydrogens (tertiary/aromatic N) is 3. The molecule has 0 aliphatic heterocycles. The third-order valence-corrected chi connectivity index (χ3v) is 2.72. The fourth-order valence-corrected chi connectivity index (χ4v) is 1.73. The van der Waals surface area contributed by atoms with Gasteiger partial charge in [-0.3, -0.25) is 4.57 Å². The molecule has 2 rings (SSSR count). The van der Waals surface area contributed by atoms with E-state index >= 15 is 0 Å². The smallest absolute Gasteiger partial charge is 0.329 e. The summed E-state index contributed by atoms with van der Waals surface area (Å²) in [4.78, 5) is 17.4. The maximum absolute atomic E-state index is 12.0. The van der Waals surface area contributed by atoms with Crippen LogP contribution in [-0.2, 0) is 6.54 Å². The van der Waals surface area contributed by atoms with E-state index in [4.69, 9.17) is 4.74 Å². The number of aromatic nitrogens is 2. The van der Waals surface area contributed by atoms with Crippen molar-refractivity contribution in [1.29, 1.82) is 0 Å². The number of methoxy groups -OCH3 is 1. The molecular formula is C13H15N3O3. The van der Waals surface area contributed by atoms with Gasteiger partial charge in [0.2, 0.25) is 0 Å². The molecule has 6 heteroatoms. The van der Waals surface area contributed by atoms with Crippen LogP contribution in [0, 0.1) is 0 Å². The minimum Gasteiger partial charge on any atom is -0.504 e. The number of hydrogen-bond donors (Lipinski definition) is 1. The van der Waals surface area contributed by atoms with Crippen LogP contribution in [0.4, 0.5) is 4.79 Å². The van der Waals surface area contributed by atoms with Crippen LogP contribution in [-0.4, -0.2) is 39.7 Å². The summed E-state index contributed by atoms with van der Waals surface area (Å²) < 4.78 is 6.43. The van der Waals surface area contributed by atoms with Crippen molar-refractivity contribution in [3.8, 4) is 11.5 Å². The summed E-state index contributed by atoms with van der Waals surface area (Å²) in [5, 5.41) is 9.51. The monoisotopic (exact) mass is 261 g/mol. The minimum absolute atomic E-state index is 0.0786. The van der Waals surface area contributed by atoms with E-state index in [1.54, 1.807) is 42.5 Å². The Labute approximate surface area is 110 Å². The van der Waals surface area contributed by atoms with Crippen molar-refractivity contribution in [2.45, 2.75) is 6.54 Å². The van der Waals surface area contributed by atoms with Gasteiger partial charge in [0.15, 0.2) is 11.5 Å². The average Bonchev–Trinajstić information content (AvgIpc) is 2.94. The maximum atomic E-state index is 12.0. The number of hydrogen-bond acceptors (Lipinski definition) is 4. The quantitative estimate of drug-likeness (QED) is 0.913. The molecule has 0 unspecified atom stereocenters. The van der Waals surface area contributed by atoms with E-state index < -0.39 is 0 Å². The first-order valence-corrected chi connectivity index (χ1v) is 5.71. The Morgan fingerprint density at radius 2 is 2.32 bits per heavy atom. The molecule has 1 N–H and O–H groups in total. The molecule has 1 amide bonds. The van der Waals surface area contributed by atoms with Crippen LogP contribution in [0.1, 0.15) is 5.56 Å². The SMILES string of the molecule is COc1cc(CN(C)C(=O)n2ccnc2)ccc1O. The molecule has 100 valence electrons. The van der Waals surface area contributed by atoms with Gasteiger partial charge < -0.3 is 14.7 Å². The lowest BCUT2D eigenvalue weighted by molar-refractivity contribution is 0.208. The largest absolute Gasteiger partial charge is 0.504 e. The first kappa shape index (κ1) is 12.9. The Balaban J connectivity index is 2.10. The van der Waals surface area contributed by atoms with Crippen LogP contribution >= 0.6 is 0 Å². The Bertz CT molecular complexity index is 567. The third kappa shape index (κ3) is 2.85. The first-order chi connectivity index (χ1) is 9.11. The molecule has 19 heavy (non-hydrogen) atoms. The summed E-state index contributed by atoms with van der Waals surface area (Å²) in [6.45, 7) is 0.410. The molecule has 2 aromatic rings. The second kappa shape index (κ2) is 5.43. The fourth-order valence-electron chi connectivity index (χ4n) is 1.73. The summed E-state index contributed by atoms with van der Waals surface area (Å²) in [7, 11) is 3.18. The highest BCUT2D eigenvalue weighted by Gasteiger charge is 2.12. The number of phenolic OH excluding ortho intramolecular Hbond substituents is 1. The molecule has 0 radical (unpaired) electrons. The predicted octanol–water partition coefficient (Wildman–Crippen LogP) is 1.70. The number of imidazole rings is 1. The number of amides is 1. The second-order valence-corrected chi connectivity index (χ2v) is 4.11. The van der Waals surface area contributed by atoms with Gasteiger partial charge in [-0.05, 0) is 17.7 Å². The van der Waals surface area contributed by atoms with Crippen LogP contribution in [0.3, 0.4) is 0 Å². The molecule has 0 saturated heterocycles. The molecule has 0 bridgehead atoms. The van der Waals surface area contributed by atoms with Crippen LogP contribution in [0.25, 0.3) is 0 Å². The van der Waals surface area contributed by atoms with Gasteiger partial charge in [-0.25, -0.2) is 9.78 Å². The molecule has 0 fully saturated rings. The number of benzene rings is 1. The summed E-state index contributed by atoms with van der Waals surface area (Å²) in [6.07, 6.45) is 4.60. The Morgan fingerprint density at radius 1 is 1.53 bits per heavy atom. The van der Waals surface area contributed by atoms with E-state index in [1.807, 2.05) is 0 Å². The highest BCUT2D eigenvalue weighted by Crippen LogP contribution is 2.26. The third-order valence-electron chi connectivity index (χ3n) is 2.72. The van der Waals surface area contributed by atoms with E-state index in [-0.39, 0.29) is 11.8 Å². The summed E-state index contributed by atoms with van der Waals surface area (Å²) in [5.74, 6) is 0.468. The number of ether oxygens (including phenoxy) is 1. The van der Waals surface area contributed by atoms with Crippen LogP contribution in [0.5, 0.6) is 11.5 Å². The molecule has 0 saturated carbocycles. The van der Waals surface area contributed by atoms with Gasteiger partial charge in [-0.2, -0.15) is 0 Å². The maximum Gasteiger partial charge on any atom is 0.329 e. The molecule has 0 spiro atoms. The van der Waals surface area contributed by atoms with Crippen molar-refractivity contribution in [3.63, 3.8) is 0 Å². The van der Waals surface area contributed by atoms with Gasteiger partial charge in [-0.1, -0.05) is 6.07 Å². The highest BCUT2D eigenvalue weighted by molar-refractivity contribution is 5.76. The molecular weight excluding hydrogens is 246 g/mol. The normalized spacial score (nSPS) is 10.2. The topological polar surface area (TPSA) is 67.6 Å². The van der Waals surface area contributed by atoms with Gasteiger partial charge >= 0.3 is 6.03 Å². The van der Waals surface area contributed by atoms with E-state index in [1.165, 1.54) is 18.0 Å². The molecule has 1 aromatic carbocycles. The van der Waals surface area contributed by atoms with Crippen LogP contribution in [0.2, 0.25) is 0 Å². The van der Waals surface area contributed by atoms with Crippen molar-refractivity contribution < 1.29 is 14.6 Å². The lowest BCUT2D eigenvalue weighted by atomic mass is 10.2. The molecule has 0 atom stereocenters. The lowest BCUT2D eigenvalue weighted by Gasteiger charge is -2.17. The van der Waals surface area contributed by atoms with Crippen molar-refractivity contribution in [2.75, 3.05) is 14.2 Å². The van der Waals surface area contributed by atoms with E-state index in [9.17, 15) is 9.90 Å². The number of carbonyl (C=O) groups is 1. The summed E-state index contributed by atoms with van der Waals surface area (Å²) >= 11 is 0. The number of rotatable bonds is 3. The molecule has 0 aliphatic rings. The summed E-state index contributed by atoms with van der Waals surface area (Å²) in [6, 6.07) is 4.82. The van der Waals surface area contributed by atoms with Crippen molar-refractivity contribution in [2.24, 2.45) is 0 Å². The second-order valence-electron chi connectivity index (χ2n) is 4.11. The van der Waals surface area contributed by atoms with E-state index in [2.05, 4.69) is 4.98 Å². The Hall–Kier alpha value is -2.50. The first-order valence-electron chi connectivity index (χ1n) is 5.71. The van der Waals surface area contributed by atoms with Gasteiger partial charge in [0.25, 0.3) is 0 Å². The highest BCUT2D eigenvalue weighted by atomic mass is 16.5. The summed E-state index contributed by atoms with van der Waals surface area (Å²) in [5.41, 5.74) is 0.866. The Kier molecular flexibility index (Phi) is 3.70. The molecule has 0 aliphatic carbocycles. The van der Waals surface area contributed by atoms with Crippen molar-refractivity contribution in [1.82, 2.24) is 14.5 Å². The minimum atomic E-state index is -0.176. The van der Waals surface area contributed by atoms with Gasteiger partial charge in [0.1, 0.15) is 6.33 Å². The van der Waals surface area contributed by atoms with E-state index in [0.29, 0.717) is 12.3 Å². The molecule has 1 heterocycles. The van der Waals surface area contributed by atoms with Gasteiger partial charge in [-0.15, -0.1) is 0 Å². The van der Waals surface area contributed by atoms with Gasteiger partial charge in [0, 0.05) is 26.0 Å².